The molecular formula is C17H11FN6O2. The minimum absolute atomic E-state index is 0.349. The van der Waals surface area contributed by atoms with Gasteiger partial charge < -0.3 is 5.32 Å². The normalized spacial score (nSPS) is 20.1. The number of halogens is 1. The van der Waals surface area contributed by atoms with Crippen LogP contribution < -0.4 is 10.6 Å². The van der Waals surface area contributed by atoms with E-state index in [1.807, 2.05) is 19.1 Å². The Morgan fingerprint density at radius 1 is 1.08 bits per heavy atom. The Kier molecular flexibility index (Phi) is 2.67. The fourth-order valence-corrected chi connectivity index (χ4v) is 3.85. The minimum Gasteiger partial charge on any atom is -0.316 e. The Balaban J connectivity index is 1.93. The second-order valence-corrected chi connectivity index (χ2v) is 6.32. The molecule has 1 fully saturated rings. The first kappa shape index (κ1) is 14.7. The molecule has 128 valence electrons. The maximum absolute atomic E-state index is 14.0. The zero-order valence-electron chi connectivity index (χ0n) is 13.4. The minimum atomic E-state index is -1.48. The number of carbonyl (C=O) groups excluding carboxylic acids is 2. The average molecular weight is 350 g/mol. The van der Waals surface area contributed by atoms with Crippen LogP contribution in [0.3, 0.4) is 0 Å². The van der Waals surface area contributed by atoms with Gasteiger partial charge in [-0.3, -0.25) is 10.1 Å². The second kappa shape index (κ2) is 4.72. The average Bonchev–Trinajstić information content (AvgIpc) is 3.28. The van der Waals surface area contributed by atoms with Crippen molar-refractivity contribution in [2.45, 2.75) is 12.5 Å². The van der Waals surface area contributed by atoms with Gasteiger partial charge in [-0.1, -0.05) is 12.1 Å². The second-order valence-electron chi connectivity index (χ2n) is 6.32. The number of aromatic amines is 1. The van der Waals surface area contributed by atoms with Crippen LogP contribution in [0.5, 0.6) is 0 Å². The van der Waals surface area contributed by atoms with Crippen LogP contribution in [-0.4, -0.2) is 32.6 Å². The molecule has 1 aliphatic carbocycles. The van der Waals surface area contributed by atoms with Crippen molar-refractivity contribution in [3.63, 3.8) is 0 Å². The maximum Gasteiger partial charge on any atom is 0.322 e. The SMILES string of the molecule is Cc1cc(-c2nn[nH]n2)c2c(c1)C1(NC(=O)NC1=O)c1cc(F)ccc1-2. The summed E-state index contributed by atoms with van der Waals surface area (Å²) >= 11 is 0. The van der Waals surface area contributed by atoms with E-state index in [4.69, 9.17) is 0 Å². The molecule has 1 saturated heterocycles. The fourth-order valence-electron chi connectivity index (χ4n) is 3.85. The molecule has 3 amide bonds. The van der Waals surface area contributed by atoms with E-state index in [9.17, 15) is 14.0 Å². The lowest BCUT2D eigenvalue weighted by Crippen LogP contribution is -2.43. The number of nitrogens with one attached hydrogen (secondary N) is 3. The molecule has 26 heavy (non-hydrogen) atoms. The number of urea groups is 1. The quantitative estimate of drug-likeness (QED) is 0.574. The number of hydrogen-bond donors (Lipinski definition) is 3. The summed E-state index contributed by atoms with van der Waals surface area (Å²) in [6.07, 6.45) is 0. The zero-order chi connectivity index (χ0) is 18.1. The molecular weight excluding hydrogens is 339 g/mol. The number of nitrogens with zero attached hydrogens (tertiary/aromatic N) is 3. The molecule has 0 saturated carbocycles. The van der Waals surface area contributed by atoms with E-state index in [0.29, 0.717) is 33.6 Å². The van der Waals surface area contributed by atoms with Gasteiger partial charge in [-0.15, -0.1) is 10.2 Å². The van der Waals surface area contributed by atoms with Crippen LogP contribution in [0.1, 0.15) is 16.7 Å². The lowest BCUT2D eigenvalue weighted by molar-refractivity contribution is -0.122. The molecule has 1 spiro atoms. The number of aryl methyl sites for hydroxylation is 1. The Morgan fingerprint density at radius 3 is 2.62 bits per heavy atom. The molecule has 2 aliphatic rings. The van der Waals surface area contributed by atoms with Crippen LogP contribution in [-0.2, 0) is 10.3 Å². The first-order valence-corrected chi connectivity index (χ1v) is 7.83. The van der Waals surface area contributed by atoms with E-state index in [1.54, 1.807) is 6.07 Å². The van der Waals surface area contributed by atoms with E-state index in [0.717, 1.165) is 5.56 Å². The number of amides is 3. The van der Waals surface area contributed by atoms with Gasteiger partial charge in [-0.25, -0.2) is 9.18 Å². The van der Waals surface area contributed by atoms with Crippen molar-refractivity contribution in [3.8, 4) is 22.5 Å². The van der Waals surface area contributed by atoms with Gasteiger partial charge in [0.1, 0.15) is 5.82 Å². The van der Waals surface area contributed by atoms with Crippen LogP contribution in [0.25, 0.3) is 22.5 Å². The lowest BCUT2D eigenvalue weighted by Gasteiger charge is -2.23. The van der Waals surface area contributed by atoms with Gasteiger partial charge >= 0.3 is 6.03 Å². The third-order valence-corrected chi connectivity index (χ3v) is 4.80. The van der Waals surface area contributed by atoms with Crippen molar-refractivity contribution in [2.75, 3.05) is 0 Å². The number of hydrogen-bond acceptors (Lipinski definition) is 5. The topological polar surface area (TPSA) is 113 Å². The van der Waals surface area contributed by atoms with Gasteiger partial charge in [0.25, 0.3) is 5.91 Å². The first-order valence-electron chi connectivity index (χ1n) is 7.83. The monoisotopic (exact) mass is 350 g/mol. The van der Waals surface area contributed by atoms with E-state index in [-0.39, 0.29) is 0 Å². The number of H-pyrrole nitrogens is 1. The van der Waals surface area contributed by atoms with E-state index >= 15 is 0 Å². The molecule has 8 nitrogen and oxygen atoms in total. The molecule has 2 aromatic carbocycles. The van der Waals surface area contributed by atoms with Gasteiger partial charge in [0.15, 0.2) is 5.54 Å². The van der Waals surface area contributed by atoms with Crippen molar-refractivity contribution in [2.24, 2.45) is 0 Å². The highest BCUT2D eigenvalue weighted by Crippen LogP contribution is 2.52. The van der Waals surface area contributed by atoms with Gasteiger partial charge in [0.2, 0.25) is 5.82 Å². The smallest absolute Gasteiger partial charge is 0.316 e. The van der Waals surface area contributed by atoms with Crippen LogP contribution >= 0.6 is 0 Å². The third kappa shape index (κ3) is 1.69. The van der Waals surface area contributed by atoms with Crippen LogP contribution in [0.15, 0.2) is 30.3 Å². The number of imide groups is 1. The van der Waals surface area contributed by atoms with Crippen LogP contribution in [0, 0.1) is 12.7 Å². The first-order chi connectivity index (χ1) is 12.5. The highest BCUT2D eigenvalue weighted by atomic mass is 19.1. The largest absolute Gasteiger partial charge is 0.322 e. The van der Waals surface area contributed by atoms with E-state index in [1.165, 1.54) is 12.1 Å². The number of benzene rings is 2. The Morgan fingerprint density at radius 2 is 1.92 bits per heavy atom. The predicted molar refractivity (Wildman–Crippen MR) is 87.2 cm³/mol. The van der Waals surface area contributed by atoms with Crippen molar-refractivity contribution in [1.29, 1.82) is 0 Å². The molecule has 1 aromatic heterocycles. The number of rotatable bonds is 1. The summed E-state index contributed by atoms with van der Waals surface area (Å²) in [5.41, 5.74) is 2.25. The standard InChI is InChI=1S/C17H11FN6O2/c1-7-4-10(14-21-23-24-22-14)13-9-3-2-8(18)6-11(9)17(12(13)5-7)15(25)19-16(26)20-17/h2-6H,1H3,(H2,19,20,25,26)(H,21,22,23,24). The molecule has 0 radical (unpaired) electrons. The summed E-state index contributed by atoms with van der Waals surface area (Å²) in [5, 5.41) is 19.0. The summed E-state index contributed by atoms with van der Waals surface area (Å²) in [6, 6.07) is 7.23. The number of aromatic nitrogens is 4. The Labute approximate surface area is 145 Å². The third-order valence-electron chi connectivity index (χ3n) is 4.80. The van der Waals surface area contributed by atoms with Gasteiger partial charge in [-0.05, 0) is 47.0 Å². The van der Waals surface area contributed by atoms with Gasteiger partial charge in [0.05, 0.1) is 0 Å². The molecule has 3 aromatic rings. The lowest BCUT2D eigenvalue weighted by atomic mass is 9.86. The van der Waals surface area contributed by atoms with E-state index in [2.05, 4.69) is 31.3 Å². The molecule has 0 bridgehead atoms. The van der Waals surface area contributed by atoms with Crippen LogP contribution in [0.2, 0.25) is 0 Å². The molecule has 1 unspecified atom stereocenters. The predicted octanol–water partition coefficient (Wildman–Crippen LogP) is 1.38. The molecule has 5 rings (SSSR count). The molecule has 1 aliphatic heterocycles. The summed E-state index contributed by atoms with van der Waals surface area (Å²) in [6.45, 7) is 1.86. The van der Waals surface area contributed by atoms with Crippen molar-refractivity contribution < 1.29 is 14.0 Å². The van der Waals surface area contributed by atoms with Gasteiger partial charge in [0, 0.05) is 16.7 Å². The number of carbonyl (C=O) groups is 2. The molecule has 9 heteroatoms. The summed E-state index contributed by atoms with van der Waals surface area (Å²) in [4.78, 5) is 24.7. The van der Waals surface area contributed by atoms with Gasteiger partial charge in [-0.2, -0.15) is 5.21 Å². The Bertz CT molecular complexity index is 1110. The molecule has 1 atom stereocenters. The van der Waals surface area contributed by atoms with Crippen molar-refractivity contribution in [3.05, 3.63) is 52.8 Å². The van der Waals surface area contributed by atoms with Crippen molar-refractivity contribution in [1.82, 2.24) is 31.3 Å². The summed E-state index contributed by atoms with van der Waals surface area (Å²) < 4.78 is 14.0. The zero-order valence-corrected chi connectivity index (χ0v) is 13.4. The number of tetrazole rings is 1. The highest BCUT2D eigenvalue weighted by molar-refractivity contribution is 6.14. The Hall–Kier alpha value is -3.62. The molecule has 3 N–H and O–H groups in total. The maximum atomic E-state index is 14.0. The molecule has 2 heterocycles. The van der Waals surface area contributed by atoms with E-state index < -0.39 is 23.3 Å². The van der Waals surface area contributed by atoms with Crippen LogP contribution in [0.4, 0.5) is 9.18 Å². The highest BCUT2D eigenvalue weighted by Gasteiger charge is 2.55. The summed E-state index contributed by atoms with van der Waals surface area (Å²) in [5.74, 6) is -0.692. The fraction of sp³-hybridized carbons (Fsp3) is 0.118. The van der Waals surface area contributed by atoms with Crippen molar-refractivity contribution >= 4 is 11.9 Å². The number of fused-ring (bicyclic) bond motifs is 5. The summed E-state index contributed by atoms with van der Waals surface area (Å²) in [7, 11) is 0.